The maximum Gasteiger partial charge on any atom is 0.252 e. The highest BCUT2D eigenvalue weighted by Gasteiger charge is 2.10. The van der Waals surface area contributed by atoms with Crippen molar-refractivity contribution < 1.29 is 4.79 Å². The van der Waals surface area contributed by atoms with Gasteiger partial charge in [-0.3, -0.25) is 9.78 Å². The molecule has 1 aromatic carbocycles. The van der Waals surface area contributed by atoms with E-state index in [0.717, 1.165) is 16.7 Å². The van der Waals surface area contributed by atoms with Crippen molar-refractivity contribution in [2.45, 2.75) is 6.54 Å². The van der Waals surface area contributed by atoms with Crippen LogP contribution in [0.2, 0.25) is 0 Å². The van der Waals surface area contributed by atoms with Crippen LogP contribution in [0.15, 0.2) is 48.9 Å². The highest BCUT2D eigenvalue weighted by Crippen LogP contribution is 2.15. The fourth-order valence-corrected chi connectivity index (χ4v) is 1.95. The maximum absolute atomic E-state index is 12.2. The van der Waals surface area contributed by atoms with E-state index in [4.69, 9.17) is 0 Å². The minimum Gasteiger partial charge on any atom is -0.347 e. The molecule has 2 N–H and O–H groups in total. The molecule has 0 aliphatic carbocycles. The van der Waals surface area contributed by atoms with E-state index in [-0.39, 0.29) is 5.91 Å². The molecule has 0 saturated heterocycles. The molecule has 0 radical (unpaired) electrons. The third-order valence-electron chi connectivity index (χ3n) is 2.86. The summed E-state index contributed by atoms with van der Waals surface area (Å²) in [5.41, 5.74) is 1.44. The van der Waals surface area contributed by atoms with Crippen molar-refractivity contribution >= 4 is 16.8 Å². The summed E-state index contributed by atoms with van der Waals surface area (Å²) in [6.45, 7) is 0.377. The van der Waals surface area contributed by atoms with E-state index in [1.165, 1.54) is 0 Å². The first-order valence-electron chi connectivity index (χ1n) is 5.95. The molecule has 3 rings (SSSR count). The van der Waals surface area contributed by atoms with E-state index in [1.54, 1.807) is 24.7 Å². The molecule has 0 bridgehead atoms. The quantitative estimate of drug-likeness (QED) is 0.747. The Morgan fingerprint density at radius 2 is 2.05 bits per heavy atom. The third kappa shape index (κ3) is 2.30. The highest BCUT2D eigenvalue weighted by atomic mass is 16.1. The lowest BCUT2D eigenvalue weighted by atomic mass is 10.1. The van der Waals surface area contributed by atoms with Gasteiger partial charge in [-0.2, -0.15) is 0 Å². The predicted octanol–water partition coefficient (Wildman–Crippen LogP) is 1.89. The van der Waals surface area contributed by atoms with Crippen LogP contribution in [0.3, 0.4) is 0 Å². The summed E-state index contributed by atoms with van der Waals surface area (Å²) < 4.78 is 0. The molecule has 1 amide bonds. The Hall–Kier alpha value is -2.69. The smallest absolute Gasteiger partial charge is 0.252 e. The van der Waals surface area contributed by atoms with E-state index in [1.807, 2.05) is 24.3 Å². The van der Waals surface area contributed by atoms with Crippen LogP contribution in [0.1, 0.15) is 16.2 Å². The number of carbonyl (C=O) groups excluding carboxylic acids is 1. The molecule has 5 heteroatoms. The molecule has 0 fully saturated rings. The summed E-state index contributed by atoms with van der Waals surface area (Å²) in [4.78, 5) is 23.4. The van der Waals surface area contributed by atoms with Gasteiger partial charge in [0.05, 0.1) is 17.6 Å². The molecule has 0 saturated carbocycles. The van der Waals surface area contributed by atoms with Crippen LogP contribution in [-0.2, 0) is 6.54 Å². The second-order valence-corrected chi connectivity index (χ2v) is 4.09. The lowest BCUT2D eigenvalue weighted by Crippen LogP contribution is -2.23. The summed E-state index contributed by atoms with van der Waals surface area (Å²) in [6.07, 6.45) is 5.02. The zero-order chi connectivity index (χ0) is 13.1. The van der Waals surface area contributed by atoms with E-state index in [2.05, 4.69) is 20.3 Å². The van der Waals surface area contributed by atoms with Gasteiger partial charge in [-0.1, -0.05) is 18.2 Å². The van der Waals surface area contributed by atoms with Crippen LogP contribution >= 0.6 is 0 Å². The van der Waals surface area contributed by atoms with E-state index in [0.29, 0.717) is 12.1 Å². The van der Waals surface area contributed by atoms with E-state index >= 15 is 0 Å². The number of aromatic amines is 1. The predicted molar refractivity (Wildman–Crippen MR) is 71.5 cm³/mol. The Kier molecular flexibility index (Phi) is 2.94. The van der Waals surface area contributed by atoms with Gasteiger partial charge in [0.1, 0.15) is 5.82 Å². The number of rotatable bonds is 3. The van der Waals surface area contributed by atoms with Crippen LogP contribution in [0.5, 0.6) is 0 Å². The second-order valence-electron chi connectivity index (χ2n) is 4.09. The Morgan fingerprint density at radius 1 is 1.16 bits per heavy atom. The molecule has 2 heterocycles. The molecule has 94 valence electrons. The van der Waals surface area contributed by atoms with E-state index in [9.17, 15) is 4.79 Å². The topological polar surface area (TPSA) is 70.7 Å². The maximum atomic E-state index is 12.2. The van der Waals surface area contributed by atoms with Crippen molar-refractivity contribution in [2.24, 2.45) is 0 Å². The largest absolute Gasteiger partial charge is 0.347 e. The number of hydrogen-bond donors (Lipinski definition) is 2. The molecule has 2 aromatic heterocycles. The number of nitrogens with one attached hydrogen (secondary N) is 2. The summed E-state index contributed by atoms with van der Waals surface area (Å²) in [5.74, 6) is 0.599. The number of imidazole rings is 1. The van der Waals surface area contributed by atoms with Gasteiger partial charge in [0.25, 0.3) is 5.91 Å². The summed E-state index contributed by atoms with van der Waals surface area (Å²) >= 11 is 0. The fourth-order valence-electron chi connectivity index (χ4n) is 1.95. The number of carbonyl (C=O) groups is 1. The fraction of sp³-hybridized carbons (Fsp3) is 0.0714. The highest BCUT2D eigenvalue weighted by molar-refractivity contribution is 6.05. The number of hydrogen-bond acceptors (Lipinski definition) is 3. The average molecular weight is 252 g/mol. The molecular weight excluding hydrogens is 240 g/mol. The van der Waals surface area contributed by atoms with Crippen LogP contribution in [-0.4, -0.2) is 20.9 Å². The van der Waals surface area contributed by atoms with Crippen LogP contribution < -0.4 is 5.32 Å². The molecule has 0 aliphatic heterocycles. The second kappa shape index (κ2) is 4.89. The van der Waals surface area contributed by atoms with Gasteiger partial charge in [-0.05, 0) is 12.1 Å². The number of benzene rings is 1. The molecule has 5 nitrogen and oxygen atoms in total. The van der Waals surface area contributed by atoms with Gasteiger partial charge in [0.15, 0.2) is 0 Å². The summed E-state index contributed by atoms with van der Waals surface area (Å²) in [5, 5.41) is 3.68. The monoisotopic (exact) mass is 252 g/mol. The number of para-hydroxylation sites is 1. The van der Waals surface area contributed by atoms with Crippen molar-refractivity contribution in [1.29, 1.82) is 0 Å². The van der Waals surface area contributed by atoms with Gasteiger partial charge < -0.3 is 10.3 Å². The lowest BCUT2D eigenvalue weighted by molar-refractivity contribution is 0.0951. The van der Waals surface area contributed by atoms with Gasteiger partial charge in [-0.15, -0.1) is 0 Å². The van der Waals surface area contributed by atoms with Gasteiger partial charge in [-0.25, -0.2) is 4.98 Å². The zero-order valence-electron chi connectivity index (χ0n) is 10.1. The lowest BCUT2D eigenvalue weighted by Gasteiger charge is -2.06. The molecule has 0 spiro atoms. The van der Waals surface area contributed by atoms with Gasteiger partial charge >= 0.3 is 0 Å². The van der Waals surface area contributed by atoms with Crippen molar-refractivity contribution in [3.8, 4) is 0 Å². The van der Waals surface area contributed by atoms with Crippen molar-refractivity contribution in [3.63, 3.8) is 0 Å². The summed E-state index contributed by atoms with van der Waals surface area (Å²) in [6, 6.07) is 9.30. The van der Waals surface area contributed by atoms with Crippen molar-refractivity contribution in [2.75, 3.05) is 0 Å². The normalized spacial score (nSPS) is 10.5. The minimum absolute atomic E-state index is 0.130. The molecule has 0 unspecified atom stereocenters. The Labute approximate surface area is 109 Å². The standard InChI is InChI=1S/C14H12N4O/c19-14(18-9-13-16-7-8-17-13)11-5-6-15-12-4-2-1-3-10(11)12/h1-8H,9H2,(H,16,17)(H,18,19). The molecule has 0 aliphatic rings. The number of aromatic nitrogens is 3. The van der Waals surface area contributed by atoms with Crippen molar-refractivity contribution in [1.82, 2.24) is 20.3 Å². The van der Waals surface area contributed by atoms with Gasteiger partial charge in [0, 0.05) is 24.0 Å². The Morgan fingerprint density at radius 3 is 2.89 bits per heavy atom. The summed E-state index contributed by atoms with van der Waals surface area (Å²) in [7, 11) is 0. The SMILES string of the molecule is O=C(NCc1ncc[nH]1)c1ccnc2ccccc12. The molecule has 0 atom stereocenters. The van der Waals surface area contributed by atoms with Crippen molar-refractivity contribution in [3.05, 3.63) is 60.3 Å². The number of fused-ring (bicyclic) bond motifs is 1. The molecule has 3 aromatic rings. The van der Waals surface area contributed by atoms with Crippen LogP contribution in [0.4, 0.5) is 0 Å². The number of nitrogens with zero attached hydrogens (tertiary/aromatic N) is 2. The third-order valence-corrected chi connectivity index (χ3v) is 2.86. The first-order chi connectivity index (χ1) is 9.34. The van der Waals surface area contributed by atoms with Crippen LogP contribution in [0, 0.1) is 0 Å². The number of pyridine rings is 1. The molecular formula is C14H12N4O. The average Bonchev–Trinajstić information content (AvgIpc) is 2.97. The Bertz CT molecular complexity index is 701. The van der Waals surface area contributed by atoms with E-state index < -0.39 is 0 Å². The van der Waals surface area contributed by atoms with Crippen LogP contribution in [0.25, 0.3) is 10.9 Å². The number of H-pyrrole nitrogens is 1. The first-order valence-corrected chi connectivity index (χ1v) is 5.95. The number of amides is 1. The Balaban J connectivity index is 1.85. The zero-order valence-corrected chi connectivity index (χ0v) is 10.1. The molecule has 19 heavy (non-hydrogen) atoms. The van der Waals surface area contributed by atoms with Gasteiger partial charge in [0.2, 0.25) is 0 Å². The first kappa shape index (κ1) is 11.4. The minimum atomic E-state index is -0.130.